The van der Waals surface area contributed by atoms with E-state index >= 15 is 0 Å². The second kappa shape index (κ2) is 5.62. The molecule has 0 aliphatic carbocycles. The predicted molar refractivity (Wildman–Crippen MR) is 86.6 cm³/mol. The van der Waals surface area contributed by atoms with E-state index in [2.05, 4.69) is 43.9 Å². The fraction of sp³-hybridized carbons (Fsp3) is 0.667. The van der Waals surface area contributed by atoms with E-state index in [1.807, 2.05) is 0 Å². The zero-order chi connectivity index (χ0) is 15.0. The van der Waals surface area contributed by atoms with E-state index in [-0.39, 0.29) is 11.6 Å². The van der Waals surface area contributed by atoms with Gasteiger partial charge in [0.15, 0.2) is 0 Å². The van der Waals surface area contributed by atoms with Crippen LogP contribution in [0.3, 0.4) is 0 Å². The molecule has 2 N–H and O–H groups in total. The summed E-state index contributed by atoms with van der Waals surface area (Å²) in [7, 11) is 0. The zero-order valence-electron chi connectivity index (χ0n) is 13.6. The summed E-state index contributed by atoms with van der Waals surface area (Å²) in [6.07, 6.45) is 4.01. The first-order valence-corrected chi connectivity index (χ1v) is 8.25. The van der Waals surface area contributed by atoms with Gasteiger partial charge in [-0.15, -0.1) is 0 Å². The Morgan fingerprint density at radius 1 is 1.24 bits per heavy atom. The highest BCUT2D eigenvalue weighted by atomic mass is 16.5. The number of ether oxygens (including phenoxy) is 1. The Hall–Kier alpha value is -1.06. The lowest BCUT2D eigenvalue weighted by Crippen LogP contribution is -2.52. The van der Waals surface area contributed by atoms with Crippen molar-refractivity contribution in [3.63, 3.8) is 0 Å². The smallest absolute Gasteiger partial charge is 0.127 e. The molecular formula is C18H28N2O. The first-order valence-electron chi connectivity index (χ1n) is 8.25. The largest absolute Gasteiger partial charge is 0.487 e. The molecule has 2 aliphatic rings. The van der Waals surface area contributed by atoms with Crippen LogP contribution < -0.4 is 10.5 Å². The lowest BCUT2D eigenvalue weighted by atomic mass is 9.78. The fourth-order valence-corrected chi connectivity index (χ4v) is 3.82. The molecule has 116 valence electrons. The predicted octanol–water partition coefficient (Wildman–Crippen LogP) is 3.27. The number of likely N-dealkylation sites (tertiary alicyclic amines) is 1. The molecule has 21 heavy (non-hydrogen) atoms. The number of nitrogens with zero attached hydrogens (tertiary/aromatic N) is 1. The van der Waals surface area contributed by atoms with Gasteiger partial charge >= 0.3 is 0 Å². The van der Waals surface area contributed by atoms with Crippen LogP contribution in [0, 0.1) is 12.8 Å². The number of para-hydroxylation sites is 1. The standard InChI is InChI=1S/C18H28N2O/c1-13-8-7-9-14-16(19)15(18(2,3)21-17(13)14)12-20-10-5-4-6-11-20/h7-9,15-16H,4-6,10-12,19H2,1-3H3. The summed E-state index contributed by atoms with van der Waals surface area (Å²) in [4.78, 5) is 2.57. The minimum atomic E-state index is -0.212. The molecule has 2 aliphatic heterocycles. The first-order chi connectivity index (χ1) is 9.99. The van der Waals surface area contributed by atoms with Crippen LogP contribution in [0.4, 0.5) is 0 Å². The van der Waals surface area contributed by atoms with Gasteiger partial charge in [0, 0.05) is 24.1 Å². The molecule has 3 rings (SSSR count). The summed E-state index contributed by atoms with van der Waals surface area (Å²) in [5.41, 5.74) is 8.80. The van der Waals surface area contributed by atoms with Crippen molar-refractivity contribution in [2.24, 2.45) is 11.7 Å². The van der Waals surface area contributed by atoms with Crippen LogP contribution in [0.2, 0.25) is 0 Å². The molecule has 1 aromatic carbocycles. The van der Waals surface area contributed by atoms with E-state index < -0.39 is 0 Å². The Balaban J connectivity index is 1.86. The monoisotopic (exact) mass is 288 g/mol. The second-order valence-electron chi connectivity index (χ2n) is 7.19. The zero-order valence-corrected chi connectivity index (χ0v) is 13.6. The van der Waals surface area contributed by atoms with Gasteiger partial charge in [0.1, 0.15) is 11.4 Å². The third kappa shape index (κ3) is 2.82. The summed E-state index contributed by atoms with van der Waals surface area (Å²) in [6, 6.07) is 6.39. The van der Waals surface area contributed by atoms with E-state index in [0.717, 1.165) is 12.3 Å². The molecule has 0 saturated carbocycles. The lowest BCUT2D eigenvalue weighted by Gasteiger charge is -2.46. The van der Waals surface area contributed by atoms with Crippen molar-refractivity contribution in [3.8, 4) is 5.75 Å². The molecule has 2 atom stereocenters. The van der Waals surface area contributed by atoms with Crippen molar-refractivity contribution in [1.82, 2.24) is 4.90 Å². The number of hydrogen-bond acceptors (Lipinski definition) is 3. The van der Waals surface area contributed by atoms with Gasteiger partial charge in [0.05, 0.1) is 0 Å². The Morgan fingerprint density at radius 2 is 1.95 bits per heavy atom. The minimum Gasteiger partial charge on any atom is -0.487 e. The Bertz CT molecular complexity index is 506. The number of benzene rings is 1. The van der Waals surface area contributed by atoms with E-state index in [1.54, 1.807) is 0 Å². The van der Waals surface area contributed by atoms with E-state index in [0.29, 0.717) is 5.92 Å². The van der Waals surface area contributed by atoms with Crippen molar-refractivity contribution in [3.05, 3.63) is 29.3 Å². The fourth-order valence-electron chi connectivity index (χ4n) is 3.82. The highest BCUT2D eigenvalue weighted by molar-refractivity contribution is 5.45. The molecule has 0 aromatic heterocycles. The van der Waals surface area contributed by atoms with Gasteiger partial charge in [-0.1, -0.05) is 24.6 Å². The van der Waals surface area contributed by atoms with Gasteiger partial charge in [0.2, 0.25) is 0 Å². The maximum atomic E-state index is 6.65. The molecule has 0 spiro atoms. The molecule has 1 fully saturated rings. The van der Waals surface area contributed by atoms with Gasteiger partial charge in [-0.25, -0.2) is 0 Å². The van der Waals surface area contributed by atoms with Crippen LogP contribution in [-0.2, 0) is 0 Å². The SMILES string of the molecule is Cc1cccc2c1OC(C)(C)C(CN1CCCCC1)C2N. The third-order valence-electron chi connectivity index (χ3n) is 5.20. The van der Waals surface area contributed by atoms with Gasteiger partial charge in [-0.3, -0.25) is 0 Å². The molecule has 2 unspecified atom stereocenters. The quantitative estimate of drug-likeness (QED) is 0.907. The van der Waals surface area contributed by atoms with Crippen molar-refractivity contribution in [1.29, 1.82) is 0 Å². The highest BCUT2D eigenvalue weighted by Gasteiger charge is 2.43. The molecule has 0 radical (unpaired) electrons. The van der Waals surface area contributed by atoms with Crippen LogP contribution in [0.15, 0.2) is 18.2 Å². The molecule has 1 aromatic rings. The van der Waals surface area contributed by atoms with Crippen LogP contribution in [-0.4, -0.2) is 30.1 Å². The number of rotatable bonds is 2. The van der Waals surface area contributed by atoms with E-state index in [1.165, 1.54) is 43.5 Å². The van der Waals surface area contributed by atoms with Crippen LogP contribution in [0.5, 0.6) is 5.75 Å². The topological polar surface area (TPSA) is 38.5 Å². The van der Waals surface area contributed by atoms with Gasteiger partial charge in [-0.05, 0) is 52.3 Å². The average Bonchev–Trinajstić information content (AvgIpc) is 2.46. The Labute approximate surface area is 128 Å². The summed E-state index contributed by atoms with van der Waals surface area (Å²) in [5, 5.41) is 0. The Kier molecular flexibility index (Phi) is 3.98. The highest BCUT2D eigenvalue weighted by Crippen LogP contribution is 2.44. The normalized spacial score (nSPS) is 28.8. The van der Waals surface area contributed by atoms with Gasteiger partial charge < -0.3 is 15.4 Å². The maximum Gasteiger partial charge on any atom is 0.127 e. The Morgan fingerprint density at radius 3 is 2.67 bits per heavy atom. The molecular weight excluding hydrogens is 260 g/mol. The van der Waals surface area contributed by atoms with Crippen molar-refractivity contribution in [2.45, 2.75) is 51.7 Å². The number of hydrogen-bond donors (Lipinski definition) is 1. The first kappa shape index (κ1) is 14.9. The number of aryl methyl sites for hydroxylation is 1. The van der Waals surface area contributed by atoms with Crippen LogP contribution >= 0.6 is 0 Å². The van der Waals surface area contributed by atoms with E-state index in [4.69, 9.17) is 10.5 Å². The molecule has 3 heteroatoms. The minimum absolute atomic E-state index is 0.0607. The molecule has 2 heterocycles. The van der Waals surface area contributed by atoms with Crippen LogP contribution in [0.1, 0.15) is 50.3 Å². The molecule has 1 saturated heterocycles. The van der Waals surface area contributed by atoms with Crippen LogP contribution in [0.25, 0.3) is 0 Å². The molecule has 0 amide bonds. The van der Waals surface area contributed by atoms with Crippen molar-refractivity contribution >= 4 is 0 Å². The number of nitrogens with two attached hydrogens (primary N) is 1. The summed E-state index contributed by atoms with van der Waals surface area (Å²) in [6.45, 7) is 9.95. The summed E-state index contributed by atoms with van der Waals surface area (Å²) < 4.78 is 6.37. The average molecular weight is 288 g/mol. The lowest BCUT2D eigenvalue weighted by molar-refractivity contribution is -0.00968. The maximum absolute atomic E-state index is 6.65. The van der Waals surface area contributed by atoms with E-state index in [9.17, 15) is 0 Å². The number of fused-ring (bicyclic) bond motifs is 1. The number of piperidine rings is 1. The third-order valence-corrected chi connectivity index (χ3v) is 5.20. The summed E-state index contributed by atoms with van der Waals surface area (Å²) >= 11 is 0. The second-order valence-corrected chi connectivity index (χ2v) is 7.19. The summed E-state index contributed by atoms with van der Waals surface area (Å²) in [5.74, 6) is 1.34. The van der Waals surface area contributed by atoms with Crippen molar-refractivity contribution in [2.75, 3.05) is 19.6 Å². The van der Waals surface area contributed by atoms with Gasteiger partial charge in [-0.2, -0.15) is 0 Å². The van der Waals surface area contributed by atoms with Gasteiger partial charge in [0.25, 0.3) is 0 Å². The molecule has 0 bridgehead atoms. The molecule has 3 nitrogen and oxygen atoms in total. The van der Waals surface area contributed by atoms with Crippen molar-refractivity contribution < 1.29 is 4.74 Å².